The van der Waals surface area contributed by atoms with Crippen LogP contribution in [-0.4, -0.2) is 13.3 Å². The molecular formula is C12H10N2O4S2. The summed E-state index contributed by atoms with van der Waals surface area (Å²) in [7, 11) is -3.96. The van der Waals surface area contributed by atoms with Crippen molar-refractivity contribution in [3.63, 3.8) is 0 Å². The Kier molecular flexibility index (Phi) is 4.07. The molecule has 0 aliphatic heterocycles. The summed E-state index contributed by atoms with van der Waals surface area (Å²) in [5, 5.41) is 16.0. The topological polar surface area (TPSA) is 103 Å². The van der Waals surface area contributed by atoms with Gasteiger partial charge in [0.05, 0.1) is 14.7 Å². The van der Waals surface area contributed by atoms with E-state index in [-0.39, 0.29) is 10.6 Å². The number of rotatable bonds is 4. The van der Waals surface area contributed by atoms with Gasteiger partial charge in [-0.2, -0.15) is 0 Å². The van der Waals surface area contributed by atoms with E-state index >= 15 is 0 Å². The first-order valence-electron chi connectivity index (χ1n) is 5.42. The lowest BCUT2D eigenvalue weighted by atomic mass is 10.3. The maximum Gasteiger partial charge on any atom is 0.284 e. The summed E-state index contributed by atoms with van der Waals surface area (Å²) in [6.07, 6.45) is 0. The van der Waals surface area contributed by atoms with Gasteiger partial charge in [0.25, 0.3) is 5.69 Å². The van der Waals surface area contributed by atoms with Gasteiger partial charge in [0, 0.05) is 11.0 Å². The SMILES string of the molecule is NS(=O)(=O)c1ccc(Sc2ccccc2)c([N+](=O)[O-])c1. The molecule has 0 unspecified atom stereocenters. The lowest BCUT2D eigenvalue weighted by Crippen LogP contribution is -2.12. The van der Waals surface area contributed by atoms with Crippen LogP contribution in [0.2, 0.25) is 0 Å². The molecule has 0 radical (unpaired) electrons. The molecule has 0 aliphatic carbocycles. The average Bonchev–Trinajstić information content (AvgIpc) is 2.38. The minimum Gasteiger partial charge on any atom is -0.258 e. The second-order valence-corrected chi connectivity index (χ2v) is 6.52. The number of nitro groups is 1. The Balaban J connectivity index is 2.46. The molecule has 0 amide bonds. The first-order valence-corrected chi connectivity index (χ1v) is 7.78. The van der Waals surface area contributed by atoms with Crippen molar-refractivity contribution in [1.29, 1.82) is 0 Å². The molecule has 20 heavy (non-hydrogen) atoms. The van der Waals surface area contributed by atoms with E-state index in [1.165, 1.54) is 23.9 Å². The highest BCUT2D eigenvalue weighted by Crippen LogP contribution is 2.35. The molecule has 2 aromatic rings. The third-order valence-corrected chi connectivity index (χ3v) is 4.41. The van der Waals surface area contributed by atoms with Crippen LogP contribution in [0, 0.1) is 10.1 Å². The van der Waals surface area contributed by atoms with E-state index in [1.54, 1.807) is 0 Å². The van der Waals surface area contributed by atoms with Crippen molar-refractivity contribution in [2.75, 3.05) is 0 Å². The largest absolute Gasteiger partial charge is 0.284 e. The zero-order valence-corrected chi connectivity index (χ0v) is 11.7. The van der Waals surface area contributed by atoms with Gasteiger partial charge in [0.1, 0.15) is 0 Å². The van der Waals surface area contributed by atoms with Crippen molar-refractivity contribution in [2.45, 2.75) is 14.7 Å². The van der Waals surface area contributed by atoms with Crippen molar-refractivity contribution in [3.8, 4) is 0 Å². The molecule has 0 saturated heterocycles. The third-order valence-electron chi connectivity index (χ3n) is 2.43. The Bertz CT molecular complexity index is 745. The predicted octanol–water partition coefficient (Wildman–Crippen LogP) is 2.39. The number of benzene rings is 2. The number of primary sulfonamides is 1. The quantitative estimate of drug-likeness (QED) is 0.690. The Morgan fingerprint density at radius 3 is 2.30 bits per heavy atom. The van der Waals surface area contributed by atoms with E-state index in [4.69, 9.17) is 5.14 Å². The smallest absolute Gasteiger partial charge is 0.258 e. The Morgan fingerprint density at radius 1 is 1.10 bits per heavy atom. The maximum atomic E-state index is 11.2. The van der Waals surface area contributed by atoms with Crippen LogP contribution < -0.4 is 5.14 Å². The van der Waals surface area contributed by atoms with Gasteiger partial charge in [-0.15, -0.1) is 0 Å². The van der Waals surface area contributed by atoms with Gasteiger partial charge in [0.2, 0.25) is 10.0 Å². The van der Waals surface area contributed by atoms with Gasteiger partial charge in [-0.1, -0.05) is 30.0 Å². The van der Waals surface area contributed by atoms with Crippen LogP contribution in [0.4, 0.5) is 5.69 Å². The summed E-state index contributed by atoms with van der Waals surface area (Å²) >= 11 is 1.18. The van der Waals surface area contributed by atoms with Gasteiger partial charge in [-0.3, -0.25) is 10.1 Å². The van der Waals surface area contributed by atoms with Crippen molar-refractivity contribution in [1.82, 2.24) is 0 Å². The number of hydrogen-bond donors (Lipinski definition) is 1. The van der Waals surface area contributed by atoms with Crippen LogP contribution in [0.15, 0.2) is 63.2 Å². The van der Waals surface area contributed by atoms with Crippen LogP contribution >= 0.6 is 11.8 Å². The van der Waals surface area contributed by atoms with Crippen LogP contribution in [0.25, 0.3) is 0 Å². The molecule has 0 bridgehead atoms. The van der Waals surface area contributed by atoms with Gasteiger partial charge >= 0.3 is 0 Å². The van der Waals surface area contributed by atoms with Crippen molar-refractivity contribution in [2.24, 2.45) is 5.14 Å². The fourth-order valence-corrected chi connectivity index (χ4v) is 2.97. The summed E-state index contributed by atoms with van der Waals surface area (Å²) in [6, 6.07) is 12.7. The summed E-state index contributed by atoms with van der Waals surface area (Å²) < 4.78 is 22.5. The molecule has 104 valence electrons. The third kappa shape index (κ3) is 3.35. The zero-order chi connectivity index (χ0) is 14.8. The molecule has 2 N–H and O–H groups in total. The van der Waals surface area contributed by atoms with Gasteiger partial charge in [0.15, 0.2) is 0 Å². The second-order valence-electron chi connectivity index (χ2n) is 3.85. The molecule has 0 atom stereocenters. The number of nitrogens with zero attached hydrogens (tertiary/aromatic N) is 1. The molecule has 0 spiro atoms. The fraction of sp³-hybridized carbons (Fsp3) is 0. The molecule has 0 fully saturated rings. The van der Waals surface area contributed by atoms with Crippen molar-refractivity contribution in [3.05, 3.63) is 58.6 Å². The minimum atomic E-state index is -3.96. The zero-order valence-electron chi connectivity index (χ0n) is 10.1. The Morgan fingerprint density at radius 2 is 1.75 bits per heavy atom. The number of sulfonamides is 1. The van der Waals surface area contributed by atoms with Crippen molar-refractivity contribution >= 4 is 27.5 Å². The molecule has 0 heterocycles. The molecule has 6 nitrogen and oxygen atoms in total. The summed E-state index contributed by atoms with van der Waals surface area (Å²) in [5.74, 6) is 0. The van der Waals surface area contributed by atoms with Crippen LogP contribution in [0.1, 0.15) is 0 Å². The first kappa shape index (κ1) is 14.5. The number of nitro benzene ring substituents is 1. The van der Waals surface area contributed by atoms with E-state index in [2.05, 4.69) is 0 Å². The highest BCUT2D eigenvalue weighted by atomic mass is 32.2. The molecule has 2 rings (SSSR count). The van der Waals surface area contributed by atoms with Gasteiger partial charge in [-0.25, -0.2) is 13.6 Å². The van der Waals surface area contributed by atoms with E-state index in [0.717, 1.165) is 11.0 Å². The minimum absolute atomic E-state index is 0.276. The summed E-state index contributed by atoms with van der Waals surface area (Å²) in [6.45, 7) is 0. The monoisotopic (exact) mass is 310 g/mol. The Hall–Kier alpha value is -1.90. The normalized spacial score (nSPS) is 11.2. The number of nitrogens with two attached hydrogens (primary N) is 1. The van der Waals surface area contributed by atoms with E-state index in [0.29, 0.717) is 4.90 Å². The average molecular weight is 310 g/mol. The molecular weight excluding hydrogens is 300 g/mol. The lowest BCUT2D eigenvalue weighted by molar-refractivity contribution is -0.388. The standard InChI is InChI=1S/C12H10N2O4S2/c13-20(17,18)10-6-7-12(11(8-10)14(15)16)19-9-4-2-1-3-5-9/h1-8H,(H2,13,17,18). The van der Waals surface area contributed by atoms with Crippen LogP contribution in [-0.2, 0) is 10.0 Å². The van der Waals surface area contributed by atoms with Crippen molar-refractivity contribution < 1.29 is 13.3 Å². The van der Waals surface area contributed by atoms with E-state index in [1.807, 2.05) is 30.3 Å². The second kappa shape index (κ2) is 5.61. The highest BCUT2D eigenvalue weighted by Gasteiger charge is 2.19. The molecule has 0 aliphatic rings. The molecule has 0 aromatic heterocycles. The van der Waals surface area contributed by atoms with Crippen LogP contribution in [0.3, 0.4) is 0 Å². The van der Waals surface area contributed by atoms with E-state index in [9.17, 15) is 18.5 Å². The first-order chi connectivity index (χ1) is 9.38. The molecule has 2 aromatic carbocycles. The lowest BCUT2D eigenvalue weighted by Gasteiger charge is -2.04. The Labute approximate surface area is 119 Å². The van der Waals surface area contributed by atoms with Gasteiger partial charge < -0.3 is 0 Å². The van der Waals surface area contributed by atoms with E-state index < -0.39 is 14.9 Å². The predicted molar refractivity (Wildman–Crippen MR) is 75.0 cm³/mol. The molecule has 8 heteroatoms. The highest BCUT2D eigenvalue weighted by molar-refractivity contribution is 7.99. The molecule has 0 saturated carbocycles. The fourth-order valence-electron chi connectivity index (χ4n) is 1.52. The maximum absolute atomic E-state index is 11.2. The van der Waals surface area contributed by atoms with Crippen LogP contribution in [0.5, 0.6) is 0 Å². The summed E-state index contributed by atoms with van der Waals surface area (Å²) in [4.78, 5) is 11.3. The van der Waals surface area contributed by atoms with Gasteiger partial charge in [-0.05, 0) is 24.3 Å². The summed E-state index contributed by atoms with van der Waals surface area (Å²) in [5.41, 5.74) is -0.287. The number of hydrogen-bond acceptors (Lipinski definition) is 5.